The Bertz CT molecular complexity index is 662. The zero-order valence-electron chi connectivity index (χ0n) is 13.7. The molecule has 3 nitrogen and oxygen atoms in total. The lowest BCUT2D eigenvalue weighted by atomic mass is 10.1. The summed E-state index contributed by atoms with van der Waals surface area (Å²) >= 11 is 1.80. The first kappa shape index (κ1) is 16.2. The molecule has 1 aromatic heterocycles. The summed E-state index contributed by atoms with van der Waals surface area (Å²) in [6.07, 6.45) is 2.53. The molecule has 0 radical (unpaired) electrons. The van der Waals surface area contributed by atoms with Crippen LogP contribution in [0, 0.1) is 0 Å². The van der Waals surface area contributed by atoms with Gasteiger partial charge in [-0.2, -0.15) is 0 Å². The maximum atomic E-state index is 11.7. The third-order valence-corrected chi connectivity index (χ3v) is 5.00. The van der Waals surface area contributed by atoms with E-state index in [0.29, 0.717) is 12.6 Å². The van der Waals surface area contributed by atoms with E-state index in [9.17, 15) is 4.79 Å². The minimum atomic E-state index is 0.102. The minimum absolute atomic E-state index is 0.102. The lowest BCUT2D eigenvalue weighted by Crippen LogP contribution is -2.25. The van der Waals surface area contributed by atoms with Gasteiger partial charge in [-0.1, -0.05) is 6.07 Å². The molecule has 1 heterocycles. The highest BCUT2D eigenvalue weighted by Gasteiger charge is 2.29. The molecule has 0 atom stereocenters. The van der Waals surface area contributed by atoms with Crippen LogP contribution < -0.4 is 4.74 Å². The molecule has 0 unspecified atom stereocenters. The van der Waals surface area contributed by atoms with E-state index in [1.54, 1.807) is 18.3 Å². The van der Waals surface area contributed by atoms with E-state index in [1.165, 1.54) is 17.7 Å². The molecule has 3 rings (SSSR count). The summed E-state index contributed by atoms with van der Waals surface area (Å²) < 4.78 is 5.77. The van der Waals surface area contributed by atoms with Gasteiger partial charge in [-0.3, -0.25) is 9.69 Å². The average Bonchev–Trinajstić information content (AvgIpc) is 3.26. The number of carbonyl (C=O) groups excluding carboxylic acids is 1. The molecule has 0 aliphatic heterocycles. The van der Waals surface area contributed by atoms with Gasteiger partial charge >= 0.3 is 0 Å². The third kappa shape index (κ3) is 4.21. The third-order valence-electron chi connectivity index (χ3n) is 4.14. The Kier molecular flexibility index (Phi) is 5.13. The van der Waals surface area contributed by atoms with Gasteiger partial charge in [0, 0.05) is 35.1 Å². The highest BCUT2D eigenvalue weighted by atomic mass is 32.1. The normalized spacial score (nSPS) is 14.2. The van der Waals surface area contributed by atoms with Crippen molar-refractivity contribution >= 4 is 17.1 Å². The average molecular weight is 329 g/mol. The van der Waals surface area contributed by atoms with Crippen molar-refractivity contribution in [1.82, 2.24) is 4.90 Å². The van der Waals surface area contributed by atoms with Crippen LogP contribution in [-0.4, -0.2) is 23.3 Å². The molecule has 1 aromatic carbocycles. The molecule has 1 saturated carbocycles. The fraction of sp³-hybridized carbons (Fsp3) is 0.421. The van der Waals surface area contributed by atoms with Crippen molar-refractivity contribution in [3.05, 3.63) is 51.7 Å². The van der Waals surface area contributed by atoms with E-state index in [0.717, 1.165) is 30.0 Å². The number of carbonyl (C=O) groups is 1. The summed E-state index contributed by atoms with van der Waals surface area (Å²) in [5.41, 5.74) is 1.87. The predicted octanol–water partition coefficient (Wildman–Crippen LogP) is 4.51. The Morgan fingerprint density at radius 3 is 2.74 bits per heavy atom. The van der Waals surface area contributed by atoms with Crippen molar-refractivity contribution in [2.45, 2.75) is 45.8 Å². The van der Waals surface area contributed by atoms with Gasteiger partial charge in [-0.15, -0.1) is 11.3 Å². The van der Waals surface area contributed by atoms with Crippen molar-refractivity contribution in [2.24, 2.45) is 0 Å². The van der Waals surface area contributed by atoms with Gasteiger partial charge in [0.25, 0.3) is 0 Å². The largest absolute Gasteiger partial charge is 0.494 e. The van der Waals surface area contributed by atoms with Gasteiger partial charge < -0.3 is 4.74 Å². The maximum absolute atomic E-state index is 11.7. The first-order valence-electron chi connectivity index (χ1n) is 8.20. The molecule has 0 bridgehead atoms. The number of thiophene rings is 1. The maximum Gasteiger partial charge on any atom is 0.159 e. The standard InChI is InChI=1S/C19H23NO2S/c1-3-22-19-9-6-15(14(2)21)11-16(19)12-20(17-7-8-17)13-18-5-4-10-23-18/h4-6,9-11,17H,3,7-8,12-13H2,1-2H3. The van der Waals surface area contributed by atoms with E-state index >= 15 is 0 Å². The summed E-state index contributed by atoms with van der Waals surface area (Å²) in [5.74, 6) is 1.000. The van der Waals surface area contributed by atoms with Gasteiger partial charge in [0.15, 0.2) is 5.78 Å². The lowest BCUT2D eigenvalue weighted by molar-refractivity contribution is 0.101. The summed E-state index contributed by atoms with van der Waals surface area (Å²) in [6.45, 7) is 6.05. The van der Waals surface area contributed by atoms with Crippen molar-refractivity contribution < 1.29 is 9.53 Å². The van der Waals surface area contributed by atoms with Crippen LogP contribution in [0.25, 0.3) is 0 Å². The number of hydrogen-bond donors (Lipinski definition) is 0. The Hall–Kier alpha value is -1.65. The van der Waals surface area contributed by atoms with E-state index in [-0.39, 0.29) is 5.78 Å². The van der Waals surface area contributed by atoms with Crippen LogP contribution in [0.1, 0.15) is 47.5 Å². The zero-order valence-corrected chi connectivity index (χ0v) is 14.6. The fourth-order valence-corrected chi connectivity index (χ4v) is 3.52. The number of hydrogen-bond acceptors (Lipinski definition) is 4. The fourth-order valence-electron chi connectivity index (χ4n) is 2.79. The molecule has 0 N–H and O–H groups in total. The Labute approximate surface area is 141 Å². The van der Waals surface area contributed by atoms with E-state index in [2.05, 4.69) is 22.4 Å². The van der Waals surface area contributed by atoms with Gasteiger partial charge in [0.2, 0.25) is 0 Å². The van der Waals surface area contributed by atoms with Crippen LogP contribution in [0.4, 0.5) is 0 Å². The summed E-state index contributed by atoms with van der Waals surface area (Å²) in [4.78, 5) is 15.6. The molecule has 23 heavy (non-hydrogen) atoms. The molecule has 4 heteroatoms. The topological polar surface area (TPSA) is 29.5 Å². The van der Waals surface area contributed by atoms with Crippen molar-refractivity contribution in [2.75, 3.05) is 6.61 Å². The van der Waals surface area contributed by atoms with Crippen LogP contribution in [0.5, 0.6) is 5.75 Å². The molecular formula is C19H23NO2S. The number of ketones is 1. The van der Waals surface area contributed by atoms with Gasteiger partial charge in [-0.25, -0.2) is 0 Å². The summed E-state index contributed by atoms with van der Waals surface area (Å²) in [5, 5.41) is 2.13. The molecular weight excluding hydrogens is 306 g/mol. The van der Waals surface area contributed by atoms with Crippen molar-refractivity contribution in [3.63, 3.8) is 0 Å². The molecule has 1 fully saturated rings. The Morgan fingerprint density at radius 1 is 1.30 bits per heavy atom. The first-order valence-corrected chi connectivity index (χ1v) is 9.08. The number of ether oxygens (including phenoxy) is 1. The first-order chi connectivity index (χ1) is 11.2. The van der Waals surface area contributed by atoms with Gasteiger partial charge in [0.05, 0.1) is 6.61 Å². The molecule has 1 aliphatic rings. The molecule has 0 spiro atoms. The highest BCUT2D eigenvalue weighted by molar-refractivity contribution is 7.09. The van der Waals surface area contributed by atoms with E-state index in [4.69, 9.17) is 4.74 Å². The van der Waals surface area contributed by atoms with Crippen molar-refractivity contribution in [1.29, 1.82) is 0 Å². The van der Waals surface area contributed by atoms with Crippen molar-refractivity contribution in [3.8, 4) is 5.75 Å². The quantitative estimate of drug-likeness (QED) is 0.667. The van der Waals surface area contributed by atoms with Crippen LogP contribution in [0.3, 0.4) is 0 Å². The summed E-state index contributed by atoms with van der Waals surface area (Å²) in [6, 6.07) is 10.7. The second-order valence-electron chi connectivity index (χ2n) is 6.03. The van der Waals surface area contributed by atoms with Gasteiger partial charge in [-0.05, 0) is 56.3 Å². The monoisotopic (exact) mass is 329 g/mol. The summed E-state index contributed by atoms with van der Waals surface area (Å²) in [7, 11) is 0. The Morgan fingerprint density at radius 2 is 2.13 bits per heavy atom. The van der Waals surface area contributed by atoms with E-state index in [1.807, 2.05) is 25.1 Å². The number of benzene rings is 1. The number of Topliss-reactive ketones (excluding diaryl/α,β-unsaturated/α-hetero) is 1. The lowest BCUT2D eigenvalue weighted by Gasteiger charge is -2.23. The predicted molar refractivity (Wildman–Crippen MR) is 94.2 cm³/mol. The van der Waals surface area contributed by atoms with E-state index < -0.39 is 0 Å². The number of nitrogens with zero attached hydrogens (tertiary/aromatic N) is 1. The molecule has 1 aliphatic carbocycles. The molecule has 2 aromatic rings. The van der Waals surface area contributed by atoms with Crippen LogP contribution >= 0.6 is 11.3 Å². The Balaban J connectivity index is 1.82. The minimum Gasteiger partial charge on any atom is -0.494 e. The molecule has 0 saturated heterocycles. The SMILES string of the molecule is CCOc1ccc(C(C)=O)cc1CN(Cc1cccs1)C1CC1. The van der Waals surface area contributed by atoms with Crippen LogP contribution in [0.15, 0.2) is 35.7 Å². The second-order valence-corrected chi connectivity index (χ2v) is 7.06. The molecule has 0 amide bonds. The van der Waals surface area contributed by atoms with Crippen LogP contribution in [0.2, 0.25) is 0 Å². The zero-order chi connectivity index (χ0) is 16.2. The molecule has 122 valence electrons. The highest BCUT2D eigenvalue weighted by Crippen LogP contribution is 2.32. The second kappa shape index (κ2) is 7.28. The van der Waals surface area contributed by atoms with Crippen LogP contribution in [-0.2, 0) is 13.1 Å². The smallest absolute Gasteiger partial charge is 0.159 e. The number of rotatable bonds is 8. The van der Waals surface area contributed by atoms with Gasteiger partial charge in [0.1, 0.15) is 5.75 Å².